The lowest BCUT2D eigenvalue weighted by Gasteiger charge is -2.13. The highest BCUT2D eigenvalue weighted by molar-refractivity contribution is 9.10. The van der Waals surface area contributed by atoms with Crippen molar-refractivity contribution in [1.82, 2.24) is 19.6 Å². The van der Waals surface area contributed by atoms with Crippen LogP contribution in [0.1, 0.15) is 11.9 Å². The first-order valence-electron chi connectivity index (χ1n) is 8.14. The number of fused-ring (bicyclic) bond motifs is 1. The fourth-order valence-electron chi connectivity index (χ4n) is 2.62. The molecule has 3 heterocycles. The second-order valence-electron chi connectivity index (χ2n) is 5.93. The van der Waals surface area contributed by atoms with E-state index in [9.17, 15) is 4.39 Å². The third kappa shape index (κ3) is 3.23. The molecule has 8 nitrogen and oxygen atoms in total. The summed E-state index contributed by atoms with van der Waals surface area (Å²) in [6.07, 6.45) is 4.56. The summed E-state index contributed by atoms with van der Waals surface area (Å²) in [4.78, 5) is 3.98. The largest absolute Gasteiger partial charge is 0.419 e. The van der Waals surface area contributed by atoms with Crippen molar-refractivity contribution in [2.45, 2.75) is 6.04 Å². The van der Waals surface area contributed by atoms with Crippen LogP contribution in [0, 0.1) is 11.6 Å². The van der Waals surface area contributed by atoms with Gasteiger partial charge in [0.2, 0.25) is 5.89 Å². The van der Waals surface area contributed by atoms with Gasteiger partial charge in [0.25, 0.3) is 5.89 Å². The normalized spacial score (nSPS) is 12.5. The van der Waals surface area contributed by atoms with Crippen molar-refractivity contribution in [1.29, 1.82) is 0 Å². The highest BCUT2D eigenvalue weighted by Crippen LogP contribution is 2.35. The van der Waals surface area contributed by atoms with E-state index in [-0.39, 0.29) is 40.9 Å². The van der Waals surface area contributed by atoms with Crippen molar-refractivity contribution in [3.8, 4) is 11.5 Å². The molecule has 0 amide bonds. The van der Waals surface area contributed by atoms with Gasteiger partial charge in [-0.25, -0.2) is 13.8 Å². The summed E-state index contributed by atoms with van der Waals surface area (Å²) in [7, 11) is 0. The number of halogens is 3. The number of nitrogens with two attached hydrogens (primary N) is 2. The zero-order chi connectivity index (χ0) is 19.8. The lowest BCUT2D eigenvalue weighted by atomic mass is 10.2. The van der Waals surface area contributed by atoms with Crippen molar-refractivity contribution in [3.63, 3.8) is 0 Å². The third-order valence-electron chi connectivity index (χ3n) is 4.05. The van der Waals surface area contributed by atoms with Crippen LogP contribution in [0.4, 0.5) is 20.2 Å². The predicted molar refractivity (Wildman–Crippen MR) is 102 cm³/mol. The van der Waals surface area contributed by atoms with Crippen LogP contribution in [-0.2, 0) is 0 Å². The van der Waals surface area contributed by atoms with Crippen molar-refractivity contribution in [2.24, 2.45) is 11.5 Å². The molecule has 4 rings (SSSR count). The highest BCUT2D eigenvalue weighted by atomic mass is 79.9. The maximum absolute atomic E-state index is 15.2. The molecule has 0 spiro atoms. The van der Waals surface area contributed by atoms with Gasteiger partial charge in [0.1, 0.15) is 5.82 Å². The van der Waals surface area contributed by atoms with Gasteiger partial charge in [0.05, 0.1) is 23.0 Å². The minimum atomic E-state index is -0.701. The minimum absolute atomic E-state index is 0.00780. The van der Waals surface area contributed by atoms with E-state index in [1.54, 1.807) is 18.5 Å². The molecule has 0 bridgehead atoms. The van der Waals surface area contributed by atoms with Crippen LogP contribution >= 0.6 is 15.9 Å². The van der Waals surface area contributed by atoms with Crippen LogP contribution in [0.2, 0.25) is 0 Å². The van der Waals surface area contributed by atoms with E-state index >= 15 is 4.39 Å². The van der Waals surface area contributed by atoms with Crippen LogP contribution in [-0.4, -0.2) is 26.1 Å². The second kappa shape index (κ2) is 7.26. The van der Waals surface area contributed by atoms with Crippen molar-refractivity contribution >= 4 is 33.0 Å². The number of anilines is 2. The molecule has 3 aromatic heterocycles. The number of nitrogens with zero attached hydrogens (tertiary/aromatic N) is 4. The maximum Gasteiger partial charge on any atom is 0.251 e. The van der Waals surface area contributed by atoms with Crippen LogP contribution < -0.4 is 16.8 Å². The number of hydrogen-bond acceptors (Lipinski definition) is 7. The van der Waals surface area contributed by atoms with Crippen molar-refractivity contribution < 1.29 is 13.2 Å². The quantitative estimate of drug-likeness (QED) is 0.427. The average molecular weight is 450 g/mol. The lowest BCUT2D eigenvalue weighted by Crippen LogP contribution is -2.20. The van der Waals surface area contributed by atoms with Gasteiger partial charge in [-0.1, -0.05) is 15.9 Å². The molecule has 144 valence electrons. The molecular formula is C17H14BrF2N7O. The Hall–Kier alpha value is -2.89. The molecule has 0 saturated heterocycles. The predicted octanol–water partition coefficient (Wildman–Crippen LogP) is 3.13. The molecule has 5 N–H and O–H groups in total. The molecule has 0 saturated carbocycles. The molecule has 11 heteroatoms. The summed E-state index contributed by atoms with van der Waals surface area (Å²) in [5.41, 5.74) is 11.6. The Labute approximate surface area is 165 Å². The van der Waals surface area contributed by atoms with E-state index in [0.717, 1.165) is 0 Å². The SMILES string of the molecule is NCC(N)c1nnc(-c2cn3ccnc3c(F)c2Nc2ccc(Br)cc2F)o1. The number of aromatic nitrogens is 4. The number of hydrogen-bond donors (Lipinski definition) is 3. The Bertz CT molecular complexity index is 1160. The van der Waals surface area contributed by atoms with Gasteiger partial charge in [-0.2, -0.15) is 0 Å². The molecule has 0 fully saturated rings. The third-order valence-corrected chi connectivity index (χ3v) is 4.55. The van der Waals surface area contributed by atoms with E-state index in [2.05, 4.69) is 36.4 Å². The van der Waals surface area contributed by atoms with Gasteiger partial charge in [0, 0.05) is 29.6 Å². The Balaban J connectivity index is 1.87. The monoisotopic (exact) mass is 449 g/mol. The first-order chi connectivity index (χ1) is 13.5. The number of rotatable bonds is 5. The van der Waals surface area contributed by atoms with E-state index in [4.69, 9.17) is 15.9 Å². The smallest absolute Gasteiger partial charge is 0.251 e. The maximum atomic E-state index is 15.2. The topological polar surface area (TPSA) is 120 Å². The average Bonchev–Trinajstić information content (AvgIpc) is 3.34. The molecule has 0 aliphatic rings. The molecule has 0 radical (unpaired) electrons. The molecule has 4 aromatic rings. The fraction of sp³-hybridized carbons (Fsp3) is 0.118. The Morgan fingerprint density at radius 2 is 2.11 bits per heavy atom. The first kappa shape index (κ1) is 18.5. The van der Waals surface area contributed by atoms with E-state index in [1.807, 2.05) is 0 Å². The Morgan fingerprint density at radius 1 is 1.29 bits per heavy atom. The second-order valence-corrected chi connectivity index (χ2v) is 6.84. The fourth-order valence-corrected chi connectivity index (χ4v) is 2.96. The van der Waals surface area contributed by atoms with Crippen molar-refractivity contribution in [3.05, 3.63) is 58.8 Å². The molecule has 0 aliphatic carbocycles. The Kier molecular flexibility index (Phi) is 4.79. The molecule has 0 aliphatic heterocycles. The molecule has 1 atom stereocenters. The number of imidazole rings is 1. The first-order valence-corrected chi connectivity index (χ1v) is 8.94. The summed E-state index contributed by atoms with van der Waals surface area (Å²) in [5, 5.41) is 10.6. The van der Waals surface area contributed by atoms with Crippen LogP contribution in [0.15, 0.2) is 45.7 Å². The van der Waals surface area contributed by atoms with Crippen LogP contribution in [0.3, 0.4) is 0 Å². The number of pyridine rings is 1. The van der Waals surface area contributed by atoms with E-state index < -0.39 is 17.7 Å². The molecular weight excluding hydrogens is 436 g/mol. The van der Waals surface area contributed by atoms with Gasteiger partial charge < -0.3 is 25.6 Å². The molecule has 28 heavy (non-hydrogen) atoms. The summed E-state index contributed by atoms with van der Waals surface area (Å²) in [5.74, 6) is -1.15. The number of nitrogens with one attached hydrogen (secondary N) is 1. The highest BCUT2D eigenvalue weighted by Gasteiger charge is 2.22. The van der Waals surface area contributed by atoms with Crippen molar-refractivity contribution in [2.75, 3.05) is 11.9 Å². The van der Waals surface area contributed by atoms with Gasteiger partial charge in [-0.05, 0) is 18.2 Å². The molecule has 1 unspecified atom stereocenters. The number of benzene rings is 1. The van der Waals surface area contributed by atoms with Gasteiger partial charge in [-0.15, -0.1) is 10.2 Å². The Morgan fingerprint density at radius 3 is 2.86 bits per heavy atom. The molecule has 1 aromatic carbocycles. The van der Waals surface area contributed by atoms with Gasteiger partial charge in [0.15, 0.2) is 11.5 Å². The van der Waals surface area contributed by atoms with Crippen LogP contribution in [0.5, 0.6) is 0 Å². The lowest BCUT2D eigenvalue weighted by molar-refractivity contribution is 0.462. The minimum Gasteiger partial charge on any atom is -0.419 e. The summed E-state index contributed by atoms with van der Waals surface area (Å²) in [6.45, 7) is 0.103. The van der Waals surface area contributed by atoms with Crippen LogP contribution in [0.25, 0.3) is 17.1 Å². The summed E-state index contributed by atoms with van der Waals surface area (Å²) in [6, 6.07) is 3.71. The standard InChI is InChI=1S/C17H14BrF2N7O/c18-8-1-2-12(10(19)5-8)24-14-9(7-27-4-3-23-15(27)13(14)20)16-25-26-17(28-16)11(22)6-21/h1-5,7,11,24H,6,21-22H2. The van der Waals surface area contributed by atoms with E-state index in [1.165, 1.54) is 22.7 Å². The summed E-state index contributed by atoms with van der Waals surface area (Å²) < 4.78 is 37.0. The summed E-state index contributed by atoms with van der Waals surface area (Å²) >= 11 is 3.19. The van der Waals surface area contributed by atoms with Gasteiger partial charge >= 0.3 is 0 Å². The van der Waals surface area contributed by atoms with Gasteiger partial charge in [-0.3, -0.25) is 0 Å². The van der Waals surface area contributed by atoms with E-state index in [0.29, 0.717) is 4.47 Å². The zero-order valence-electron chi connectivity index (χ0n) is 14.2. The zero-order valence-corrected chi connectivity index (χ0v) is 15.8.